The normalized spacial score (nSPS) is 17.6. The van der Waals surface area contributed by atoms with Crippen molar-refractivity contribution in [2.24, 2.45) is 0 Å². The van der Waals surface area contributed by atoms with E-state index in [1.54, 1.807) is 7.11 Å². The Kier molecular flexibility index (Phi) is 7.46. The third-order valence-corrected chi connectivity index (χ3v) is 6.77. The van der Waals surface area contributed by atoms with Crippen LogP contribution in [0.25, 0.3) is 5.69 Å². The van der Waals surface area contributed by atoms with E-state index in [1.807, 2.05) is 59.5 Å². The maximum absolute atomic E-state index is 11.7. The molecule has 3 aromatic carbocycles. The van der Waals surface area contributed by atoms with Crippen molar-refractivity contribution in [1.29, 1.82) is 0 Å². The molecule has 1 aliphatic heterocycles. The number of aromatic nitrogens is 2. The molecule has 0 saturated carbocycles. The standard InChI is InChI=1S/C29H28N4O5/c1-37-27-10-7-25(8-11-27)32-18-24(15-30-32)22-14-28(19-31(17-22)16-21-5-3-2-4-6-21)38-29-12-9-26(33(35)36)13-23(29)20-34/h2-13,15,18,20,22,28H,14,16-17,19H2,1H3. The fourth-order valence-corrected chi connectivity index (χ4v) is 4.89. The Bertz CT molecular complexity index is 1400. The van der Waals surface area contributed by atoms with E-state index in [2.05, 4.69) is 22.1 Å². The second-order valence-electron chi connectivity index (χ2n) is 9.37. The number of ether oxygens (including phenoxy) is 2. The number of carbonyl (C=O) groups is 1. The van der Waals surface area contributed by atoms with E-state index in [0.29, 0.717) is 18.6 Å². The first-order valence-corrected chi connectivity index (χ1v) is 12.4. The summed E-state index contributed by atoms with van der Waals surface area (Å²) in [6.07, 6.45) is 5.03. The van der Waals surface area contributed by atoms with Crippen LogP contribution >= 0.6 is 0 Å². The number of nitro groups is 1. The lowest BCUT2D eigenvalue weighted by molar-refractivity contribution is -0.384. The smallest absolute Gasteiger partial charge is 0.270 e. The minimum atomic E-state index is -0.518. The largest absolute Gasteiger partial charge is 0.497 e. The average molecular weight is 513 g/mol. The molecule has 0 bridgehead atoms. The Labute approximate surface area is 220 Å². The van der Waals surface area contributed by atoms with Gasteiger partial charge in [-0.15, -0.1) is 0 Å². The van der Waals surface area contributed by atoms with E-state index in [9.17, 15) is 14.9 Å². The Morgan fingerprint density at radius 1 is 1.08 bits per heavy atom. The van der Waals surface area contributed by atoms with Gasteiger partial charge in [-0.05, 0) is 47.9 Å². The van der Waals surface area contributed by atoms with Crippen LogP contribution in [-0.2, 0) is 6.54 Å². The number of carbonyl (C=O) groups excluding carboxylic acids is 1. The van der Waals surface area contributed by atoms with E-state index in [0.717, 1.165) is 36.5 Å². The molecule has 0 amide bonds. The maximum atomic E-state index is 11.7. The molecule has 1 aromatic heterocycles. The first-order chi connectivity index (χ1) is 18.5. The summed E-state index contributed by atoms with van der Waals surface area (Å²) >= 11 is 0. The molecule has 9 heteroatoms. The molecule has 38 heavy (non-hydrogen) atoms. The van der Waals surface area contributed by atoms with Crippen molar-refractivity contribution >= 4 is 12.0 Å². The molecule has 5 rings (SSSR count). The summed E-state index contributed by atoms with van der Waals surface area (Å²) in [4.78, 5) is 24.7. The van der Waals surface area contributed by atoms with Crippen LogP contribution in [0, 0.1) is 10.1 Å². The molecule has 1 saturated heterocycles. The number of hydrogen-bond donors (Lipinski definition) is 0. The lowest BCUT2D eigenvalue weighted by Gasteiger charge is -2.37. The van der Waals surface area contributed by atoms with Gasteiger partial charge in [-0.25, -0.2) is 4.68 Å². The molecule has 2 heterocycles. The Morgan fingerprint density at radius 2 is 1.87 bits per heavy atom. The highest BCUT2D eigenvalue weighted by Gasteiger charge is 2.31. The second kappa shape index (κ2) is 11.3. The molecule has 1 fully saturated rings. The maximum Gasteiger partial charge on any atom is 0.270 e. The molecule has 0 N–H and O–H groups in total. The number of piperidine rings is 1. The highest BCUT2D eigenvalue weighted by atomic mass is 16.6. The first-order valence-electron chi connectivity index (χ1n) is 12.4. The second-order valence-corrected chi connectivity index (χ2v) is 9.37. The van der Waals surface area contributed by atoms with E-state index in [4.69, 9.17) is 9.47 Å². The van der Waals surface area contributed by atoms with Gasteiger partial charge in [-0.3, -0.25) is 19.8 Å². The fourth-order valence-electron chi connectivity index (χ4n) is 4.89. The van der Waals surface area contributed by atoms with Crippen molar-refractivity contribution in [1.82, 2.24) is 14.7 Å². The van der Waals surface area contributed by atoms with Crippen LogP contribution in [-0.4, -0.2) is 52.2 Å². The molecular formula is C29H28N4O5. The zero-order valence-electron chi connectivity index (χ0n) is 21.0. The summed E-state index contributed by atoms with van der Waals surface area (Å²) in [5.41, 5.74) is 3.25. The van der Waals surface area contributed by atoms with Gasteiger partial charge in [0.15, 0.2) is 6.29 Å². The predicted molar refractivity (Wildman–Crippen MR) is 142 cm³/mol. The van der Waals surface area contributed by atoms with Crippen molar-refractivity contribution in [3.8, 4) is 17.2 Å². The van der Waals surface area contributed by atoms with E-state index < -0.39 is 4.92 Å². The highest BCUT2D eigenvalue weighted by Crippen LogP contribution is 2.32. The molecule has 0 spiro atoms. The lowest BCUT2D eigenvalue weighted by Crippen LogP contribution is -2.44. The van der Waals surface area contributed by atoms with Crippen LogP contribution < -0.4 is 9.47 Å². The summed E-state index contributed by atoms with van der Waals surface area (Å²) in [5.74, 6) is 1.28. The summed E-state index contributed by atoms with van der Waals surface area (Å²) in [6, 6.07) is 22.1. The zero-order valence-corrected chi connectivity index (χ0v) is 21.0. The van der Waals surface area contributed by atoms with Crippen LogP contribution in [0.4, 0.5) is 5.69 Å². The van der Waals surface area contributed by atoms with Gasteiger partial charge in [-0.1, -0.05) is 30.3 Å². The zero-order chi connectivity index (χ0) is 26.5. The SMILES string of the molecule is COc1ccc(-n2cc(C3CC(Oc4ccc([N+](=O)[O-])cc4C=O)CN(Cc4ccccc4)C3)cn2)cc1. The summed E-state index contributed by atoms with van der Waals surface area (Å²) < 4.78 is 13.4. The van der Waals surface area contributed by atoms with Crippen LogP contribution in [0.5, 0.6) is 11.5 Å². The van der Waals surface area contributed by atoms with Gasteiger partial charge in [0.05, 0.1) is 29.5 Å². The van der Waals surface area contributed by atoms with Gasteiger partial charge in [0.2, 0.25) is 0 Å². The fraction of sp³-hybridized carbons (Fsp3) is 0.241. The van der Waals surface area contributed by atoms with Gasteiger partial charge >= 0.3 is 0 Å². The van der Waals surface area contributed by atoms with Crippen molar-refractivity contribution < 1.29 is 19.2 Å². The monoisotopic (exact) mass is 512 g/mol. The number of aldehydes is 1. The predicted octanol–water partition coefficient (Wildman–Crippen LogP) is 5.04. The lowest BCUT2D eigenvalue weighted by atomic mass is 9.90. The van der Waals surface area contributed by atoms with Crippen LogP contribution in [0.3, 0.4) is 0 Å². The molecular weight excluding hydrogens is 484 g/mol. The van der Waals surface area contributed by atoms with Crippen molar-refractivity contribution in [3.63, 3.8) is 0 Å². The first kappa shape index (κ1) is 25.2. The average Bonchev–Trinajstić information content (AvgIpc) is 3.44. The third-order valence-electron chi connectivity index (χ3n) is 6.77. The Morgan fingerprint density at radius 3 is 2.58 bits per heavy atom. The van der Waals surface area contributed by atoms with E-state index in [1.165, 1.54) is 23.8 Å². The Hall–Kier alpha value is -4.50. The highest BCUT2D eigenvalue weighted by molar-refractivity contribution is 5.80. The van der Waals surface area contributed by atoms with Crippen molar-refractivity contribution in [3.05, 3.63) is 112 Å². The molecule has 9 nitrogen and oxygen atoms in total. The van der Waals surface area contributed by atoms with Crippen molar-refractivity contribution in [2.45, 2.75) is 25.0 Å². The molecule has 2 unspecified atom stereocenters. The Balaban J connectivity index is 1.39. The number of likely N-dealkylation sites (tertiary alicyclic amines) is 1. The van der Waals surface area contributed by atoms with Crippen LogP contribution in [0.1, 0.15) is 33.8 Å². The number of hydrogen-bond acceptors (Lipinski definition) is 7. The summed E-state index contributed by atoms with van der Waals surface area (Å²) in [6.45, 7) is 2.24. The minimum Gasteiger partial charge on any atom is -0.497 e. The van der Waals surface area contributed by atoms with Crippen LogP contribution in [0.15, 0.2) is 85.2 Å². The van der Waals surface area contributed by atoms with Crippen LogP contribution in [0.2, 0.25) is 0 Å². The van der Waals surface area contributed by atoms with E-state index in [-0.39, 0.29) is 23.3 Å². The number of methoxy groups -OCH3 is 1. The van der Waals surface area contributed by atoms with Gasteiger partial charge in [0.25, 0.3) is 5.69 Å². The summed E-state index contributed by atoms with van der Waals surface area (Å²) in [7, 11) is 1.64. The number of benzene rings is 3. The van der Waals surface area contributed by atoms with Crippen molar-refractivity contribution in [2.75, 3.05) is 20.2 Å². The molecule has 194 valence electrons. The third kappa shape index (κ3) is 5.73. The molecule has 0 radical (unpaired) electrons. The molecule has 2 atom stereocenters. The molecule has 4 aromatic rings. The number of nitro benzene ring substituents is 1. The van der Waals surface area contributed by atoms with Gasteiger partial charge < -0.3 is 9.47 Å². The topological polar surface area (TPSA) is 99.7 Å². The van der Waals surface area contributed by atoms with Gasteiger partial charge in [-0.2, -0.15) is 5.10 Å². The number of rotatable bonds is 9. The minimum absolute atomic E-state index is 0.141. The van der Waals surface area contributed by atoms with E-state index >= 15 is 0 Å². The number of nitrogens with zero attached hydrogens (tertiary/aromatic N) is 4. The molecule has 1 aliphatic rings. The number of non-ortho nitro benzene ring substituents is 1. The van der Waals surface area contributed by atoms with Gasteiger partial charge in [0, 0.05) is 43.9 Å². The van der Waals surface area contributed by atoms with Gasteiger partial charge in [0.1, 0.15) is 17.6 Å². The molecule has 0 aliphatic carbocycles. The summed E-state index contributed by atoms with van der Waals surface area (Å²) in [5, 5.41) is 15.7. The quantitative estimate of drug-likeness (QED) is 0.176.